The highest BCUT2D eigenvalue weighted by Crippen LogP contribution is 2.30. The first-order valence-electron chi connectivity index (χ1n) is 11.7. The van der Waals surface area contributed by atoms with Crippen molar-refractivity contribution in [2.24, 2.45) is 0 Å². The largest absolute Gasteiger partial charge is 0.449 e. The summed E-state index contributed by atoms with van der Waals surface area (Å²) in [7, 11) is 0. The molecule has 1 N–H and O–H groups in total. The molecule has 0 aliphatic carbocycles. The maximum absolute atomic E-state index is 12.9. The summed E-state index contributed by atoms with van der Waals surface area (Å²) in [5.41, 5.74) is 2.86. The molecule has 5 heterocycles. The highest BCUT2D eigenvalue weighted by Gasteiger charge is 2.26. The van der Waals surface area contributed by atoms with Crippen LogP contribution in [0.3, 0.4) is 0 Å². The minimum absolute atomic E-state index is 0.270. The van der Waals surface area contributed by atoms with Crippen molar-refractivity contribution in [1.29, 1.82) is 0 Å². The van der Waals surface area contributed by atoms with E-state index in [0.717, 1.165) is 36.2 Å². The van der Waals surface area contributed by atoms with Gasteiger partial charge < -0.3 is 19.5 Å². The molecule has 0 unspecified atom stereocenters. The summed E-state index contributed by atoms with van der Waals surface area (Å²) in [6, 6.07) is 7.48. The Morgan fingerprint density at radius 1 is 1.21 bits per heavy atom. The summed E-state index contributed by atoms with van der Waals surface area (Å²) in [5.74, 6) is 1.72. The second kappa shape index (κ2) is 9.20. The van der Waals surface area contributed by atoms with Gasteiger partial charge in [-0.3, -0.25) is 9.78 Å². The molecule has 2 amide bonds. The van der Waals surface area contributed by atoms with E-state index in [1.165, 1.54) is 0 Å². The fraction of sp³-hybridized carbons (Fsp3) is 0.417. The SMILES string of the molecule is CCCOC(=O)N1CCc2cnc(C(=O)Nc3cccc(-c4nnc5n4[C@@H](C)CC5)n3)cc2C1. The smallest absolute Gasteiger partial charge is 0.410 e. The molecule has 3 aromatic rings. The first-order valence-corrected chi connectivity index (χ1v) is 11.7. The number of carbonyl (C=O) groups excluding carboxylic acids is 2. The third-order valence-electron chi connectivity index (χ3n) is 6.23. The predicted octanol–water partition coefficient (Wildman–Crippen LogP) is 3.40. The topological polar surface area (TPSA) is 115 Å². The summed E-state index contributed by atoms with van der Waals surface area (Å²) < 4.78 is 7.36. The molecule has 176 valence electrons. The zero-order valence-electron chi connectivity index (χ0n) is 19.3. The lowest BCUT2D eigenvalue weighted by Crippen LogP contribution is -2.36. The average Bonchev–Trinajstić information content (AvgIpc) is 3.45. The minimum Gasteiger partial charge on any atom is -0.449 e. The van der Waals surface area contributed by atoms with E-state index in [1.54, 1.807) is 23.2 Å². The number of carbonyl (C=O) groups is 2. The number of hydrogen-bond donors (Lipinski definition) is 1. The number of hydrogen-bond acceptors (Lipinski definition) is 7. The van der Waals surface area contributed by atoms with Crippen molar-refractivity contribution in [3.8, 4) is 11.5 Å². The van der Waals surface area contributed by atoms with E-state index in [4.69, 9.17) is 4.74 Å². The van der Waals surface area contributed by atoms with Crippen molar-refractivity contribution >= 4 is 17.8 Å². The summed E-state index contributed by atoms with van der Waals surface area (Å²) >= 11 is 0. The molecule has 1 atom stereocenters. The van der Waals surface area contributed by atoms with Crippen LogP contribution < -0.4 is 5.32 Å². The lowest BCUT2D eigenvalue weighted by Gasteiger charge is -2.28. The molecule has 0 saturated carbocycles. The van der Waals surface area contributed by atoms with Crippen LogP contribution in [-0.2, 0) is 24.1 Å². The molecule has 2 aliphatic rings. The number of fused-ring (bicyclic) bond motifs is 2. The molecular formula is C24H27N7O3. The van der Waals surface area contributed by atoms with Crippen molar-refractivity contribution in [1.82, 2.24) is 29.6 Å². The van der Waals surface area contributed by atoms with E-state index in [9.17, 15) is 9.59 Å². The number of nitrogens with zero attached hydrogens (tertiary/aromatic N) is 6. The lowest BCUT2D eigenvalue weighted by molar-refractivity contribution is 0.0978. The van der Waals surface area contributed by atoms with Gasteiger partial charge in [0.05, 0.1) is 6.61 Å². The highest BCUT2D eigenvalue weighted by atomic mass is 16.6. The molecule has 0 bridgehead atoms. The van der Waals surface area contributed by atoms with E-state index in [0.29, 0.717) is 49.5 Å². The van der Waals surface area contributed by atoms with Gasteiger partial charge in [0.25, 0.3) is 5.91 Å². The molecule has 0 fully saturated rings. The Morgan fingerprint density at radius 2 is 2.09 bits per heavy atom. The van der Waals surface area contributed by atoms with Crippen LogP contribution in [0.4, 0.5) is 10.6 Å². The molecule has 34 heavy (non-hydrogen) atoms. The number of nitrogens with one attached hydrogen (secondary N) is 1. The van der Waals surface area contributed by atoms with Crippen LogP contribution in [0.2, 0.25) is 0 Å². The molecular weight excluding hydrogens is 434 g/mol. The molecule has 2 aliphatic heterocycles. The van der Waals surface area contributed by atoms with Crippen molar-refractivity contribution in [2.75, 3.05) is 18.5 Å². The van der Waals surface area contributed by atoms with Gasteiger partial charge in [-0.2, -0.15) is 0 Å². The Hall–Kier alpha value is -3.82. The first kappa shape index (κ1) is 22.0. The van der Waals surface area contributed by atoms with E-state index >= 15 is 0 Å². The number of aromatic nitrogens is 5. The van der Waals surface area contributed by atoms with Crippen LogP contribution in [-0.4, -0.2) is 54.8 Å². The molecule has 0 saturated heterocycles. The van der Waals surface area contributed by atoms with Gasteiger partial charge in [0.1, 0.15) is 23.0 Å². The summed E-state index contributed by atoms with van der Waals surface area (Å²) in [5, 5.41) is 11.4. The molecule has 0 radical (unpaired) electrons. The van der Waals surface area contributed by atoms with Gasteiger partial charge in [0, 0.05) is 31.7 Å². The second-order valence-corrected chi connectivity index (χ2v) is 8.68. The Bertz CT molecular complexity index is 1240. The zero-order valence-corrected chi connectivity index (χ0v) is 19.3. The number of amides is 2. The van der Waals surface area contributed by atoms with Crippen molar-refractivity contribution in [2.45, 2.75) is 52.1 Å². The maximum Gasteiger partial charge on any atom is 0.410 e. The van der Waals surface area contributed by atoms with Gasteiger partial charge in [-0.05, 0) is 55.5 Å². The number of aryl methyl sites for hydroxylation is 1. The van der Waals surface area contributed by atoms with Gasteiger partial charge in [-0.25, -0.2) is 9.78 Å². The lowest BCUT2D eigenvalue weighted by atomic mass is 10.0. The Labute approximate surface area is 197 Å². The van der Waals surface area contributed by atoms with E-state index < -0.39 is 0 Å². The van der Waals surface area contributed by atoms with Crippen LogP contribution in [0, 0.1) is 0 Å². The molecule has 5 rings (SSSR count). The number of pyridine rings is 2. The van der Waals surface area contributed by atoms with Crippen LogP contribution in [0.25, 0.3) is 11.5 Å². The van der Waals surface area contributed by atoms with Crippen molar-refractivity contribution in [3.05, 3.63) is 53.1 Å². The van der Waals surface area contributed by atoms with Crippen LogP contribution in [0.5, 0.6) is 0 Å². The van der Waals surface area contributed by atoms with Gasteiger partial charge in [0.15, 0.2) is 5.82 Å². The minimum atomic E-state index is -0.363. The average molecular weight is 462 g/mol. The highest BCUT2D eigenvalue weighted by molar-refractivity contribution is 6.02. The molecule has 10 nitrogen and oxygen atoms in total. The molecule has 0 aromatic carbocycles. The summed E-state index contributed by atoms with van der Waals surface area (Å²) in [4.78, 5) is 35.8. The number of rotatable bonds is 5. The fourth-order valence-electron chi connectivity index (χ4n) is 4.41. The quantitative estimate of drug-likeness (QED) is 0.619. The molecule has 3 aromatic heterocycles. The van der Waals surface area contributed by atoms with Gasteiger partial charge >= 0.3 is 6.09 Å². The van der Waals surface area contributed by atoms with E-state index in [1.807, 2.05) is 19.1 Å². The first-order chi connectivity index (χ1) is 16.5. The third-order valence-corrected chi connectivity index (χ3v) is 6.23. The third kappa shape index (κ3) is 4.23. The Balaban J connectivity index is 1.31. The normalized spacial score (nSPS) is 16.6. The van der Waals surface area contributed by atoms with E-state index in [2.05, 4.69) is 37.0 Å². The molecule has 0 spiro atoms. The molecule has 10 heteroatoms. The summed E-state index contributed by atoms with van der Waals surface area (Å²) in [6.45, 7) is 5.46. The standard InChI is InChI=1S/C24H27N7O3/c1-3-11-34-24(33)30-10-9-16-13-25-19(12-17(16)14-30)23(32)27-20-6-4-5-18(26-20)22-29-28-21-8-7-15(2)31(21)22/h4-6,12-13,15H,3,7-11,14H2,1-2H3,(H,26,27,32)/t15-/m0/s1. The van der Waals surface area contributed by atoms with Crippen LogP contribution >= 0.6 is 0 Å². The van der Waals surface area contributed by atoms with Crippen LogP contribution in [0.1, 0.15) is 60.2 Å². The van der Waals surface area contributed by atoms with Crippen LogP contribution in [0.15, 0.2) is 30.5 Å². The van der Waals surface area contributed by atoms with Gasteiger partial charge in [-0.15, -0.1) is 10.2 Å². The van der Waals surface area contributed by atoms with Gasteiger partial charge in [0.2, 0.25) is 0 Å². The second-order valence-electron chi connectivity index (χ2n) is 8.68. The number of anilines is 1. The number of ether oxygens (including phenoxy) is 1. The predicted molar refractivity (Wildman–Crippen MR) is 124 cm³/mol. The Morgan fingerprint density at radius 3 is 2.94 bits per heavy atom. The van der Waals surface area contributed by atoms with Gasteiger partial charge in [-0.1, -0.05) is 13.0 Å². The fourth-order valence-corrected chi connectivity index (χ4v) is 4.41. The van der Waals surface area contributed by atoms with E-state index in [-0.39, 0.29) is 17.7 Å². The zero-order chi connectivity index (χ0) is 23.7. The van der Waals surface area contributed by atoms with Crippen molar-refractivity contribution < 1.29 is 14.3 Å². The Kier molecular flexibility index (Phi) is 5.95. The summed E-state index contributed by atoms with van der Waals surface area (Å²) in [6.07, 6.45) is 4.78. The maximum atomic E-state index is 12.9. The van der Waals surface area contributed by atoms with Crippen molar-refractivity contribution in [3.63, 3.8) is 0 Å². The monoisotopic (exact) mass is 461 g/mol.